The Hall–Kier alpha value is -1.95. The van der Waals surface area contributed by atoms with Crippen molar-refractivity contribution in [1.29, 1.82) is 0 Å². The van der Waals surface area contributed by atoms with E-state index < -0.39 is 15.7 Å². The molecule has 2 aromatic rings. The lowest BCUT2D eigenvalue weighted by Crippen LogP contribution is -2.12. The van der Waals surface area contributed by atoms with Crippen molar-refractivity contribution in [2.24, 2.45) is 0 Å². The number of rotatable bonds is 4. The van der Waals surface area contributed by atoms with Crippen molar-refractivity contribution in [1.82, 2.24) is 4.98 Å². The summed E-state index contributed by atoms with van der Waals surface area (Å²) in [6.45, 7) is 0. The van der Waals surface area contributed by atoms with E-state index in [1.54, 1.807) is 24.4 Å². The van der Waals surface area contributed by atoms with Crippen molar-refractivity contribution in [2.75, 3.05) is 11.5 Å². The number of halogens is 1. The molecule has 1 aromatic carbocycles. The summed E-state index contributed by atoms with van der Waals surface area (Å²) in [6.07, 6.45) is 1.83. The third-order valence-corrected chi connectivity index (χ3v) is 4.39. The van der Waals surface area contributed by atoms with Crippen molar-refractivity contribution in [3.05, 3.63) is 54.1 Å². The smallest absolute Gasteiger partial charge is 0.181 e. The van der Waals surface area contributed by atoms with Crippen LogP contribution in [0.1, 0.15) is 5.69 Å². The monoisotopic (exact) mass is 280 g/mol. The minimum Gasteiger partial charge on any atom is -0.399 e. The zero-order valence-corrected chi connectivity index (χ0v) is 10.9. The number of aromatic nitrogens is 1. The highest BCUT2D eigenvalue weighted by Crippen LogP contribution is 2.19. The average Bonchev–Trinajstić information content (AvgIpc) is 2.37. The molecule has 4 nitrogen and oxygen atoms in total. The number of pyridine rings is 1. The quantitative estimate of drug-likeness (QED) is 0.867. The molecule has 1 heterocycles. The van der Waals surface area contributed by atoms with E-state index in [1.165, 1.54) is 12.1 Å². The normalized spacial score (nSPS) is 11.4. The molecule has 0 fully saturated rings. The first-order chi connectivity index (χ1) is 8.99. The molecule has 0 aliphatic carbocycles. The van der Waals surface area contributed by atoms with Gasteiger partial charge in [-0.25, -0.2) is 12.8 Å². The van der Waals surface area contributed by atoms with Gasteiger partial charge in [-0.2, -0.15) is 0 Å². The van der Waals surface area contributed by atoms with Gasteiger partial charge < -0.3 is 5.73 Å². The number of hydrogen-bond acceptors (Lipinski definition) is 4. The van der Waals surface area contributed by atoms with Crippen molar-refractivity contribution in [2.45, 2.75) is 11.3 Å². The SMILES string of the molecule is Nc1ccc(S(=O)(=O)CCc2ccccn2)c(F)c1. The first kappa shape index (κ1) is 13.5. The molecular formula is C13H13FN2O2S. The number of nitrogens with two attached hydrogens (primary N) is 1. The summed E-state index contributed by atoms with van der Waals surface area (Å²) in [4.78, 5) is 3.71. The standard InChI is InChI=1S/C13H13FN2O2S/c14-12-9-10(15)4-5-13(12)19(17,18)8-6-11-3-1-2-7-16-11/h1-5,7,9H,6,8,15H2. The van der Waals surface area contributed by atoms with Crippen molar-refractivity contribution >= 4 is 15.5 Å². The van der Waals surface area contributed by atoms with Gasteiger partial charge in [-0.3, -0.25) is 4.98 Å². The van der Waals surface area contributed by atoms with E-state index in [2.05, 4.69) is 4.98 Å². The zero-order valence-electron chi connectivity index (χ0n) is 10.1. The topological polar surface area (TPSA) is 73.1 Å². The van der Waals surface area contributed by atoms with Gasteiger partial charge in [0.15, 0.2) is 9.84 Å². The van der Waals surface area contributed by atoms with E-state index in [4.69, 9.17) is 5.73 Å². The van der Waals surface area contributed by atoms with Gasteiger partial charge in [0.1, 0.15) is 10.7 Å². The molecule has 0 atom stereocenters. The van der Waals surface area contributed by atoms with E-state index >= 15 is 0 Å². The lowest BCUT2D eigenvalue weighted by Gasteiger charge is -2.06. The van der Waals surface area contributed by atoms with Crippen LogP contribution in [0.15, 0.2) is 47.5 Å². The fraction of sp³-hybridized carbons (Fsp3) is 0.154. The summed E-state index contributed by atoms with van der Waals surface area (Å²) in [5.41, 5.74) is 6.24. The summed E-state index contributed by atoms with van der Waals surface area (Å²) in [6, 6.07) is 8.83. The highest BCUT2D eigenvalue weighted by Gasteiger charge is 2.19. The highest BCUT2D eigenvalue weighted by molar-refractivity contribution is 7.91. The van der Waals surface area contributed by atoms with E-state index in [0.29, 0.717) is 5.69 Å². The number of benzene rings is 1. The van der Waals surface area contributed by atoms with Crippen LogP contribution in [0.5, 0.6) is 0 Å². The molecular weight excluding hydrogens is 267 g/mol. The van der Waals surface area contributed by atoms with Crippen LogP contribution in [0, 0.1) is 5.82 Å². The van der Waals surface area contributed by atoms with Crippen molar-refractivity contribution in [3.8, 4) is 0 Å². The average molecular weight is 280 g/mol. The lowest BCUT2D eigenvalue weighted by molar-refractivity contribution is 0.566. The van der Waals surface area contributed by atoms with E-state index in [-0.39, 0.29) is 22.8 Å². The second kappa shape index (κ2) is 5.36. The van der Waals surface area contributed by atoms with Crippen LogP contribution in [0.25, 0.3) is 0 Å². The Kier molecular flexibility index (Phi) is 3.80. The molecule has 0 spiro atoms. The molecule has 0 aliphatic heterocycles. The maximum atomic E-state index is 13.6. The summed E-state index contributed by atoms with van der Waals surface area (Å²) in [5, 5.41) is 0. The summed E-state index contributed by atoms with van der Waals surface area (Å²) >= 11 is 0. The third-order valence-electron chi connectivity index (χ3n) is 2.64. The van der Waals surface area contributed by atoms with Crippen LogP contribution in [0.4, 0.5) is 10.1 Å². The zero-order chi connectivity index (χ0) is 13.9. The second-order valence-electron chi connectivity index (χ2n) is 4.08. The molecule has 0 radical (unpaired) electrons. The fourth-order valence-electron chi connectivity index (χ4n) is 1.66. The first-order valence-electron chi connectivity index (χ1n) is 5.67. The Morgan fingerprint density at radius 1 is 1.21 bits per heavy atom. The van der Waals surface area contributed by atoms with Gasteiger partial charge in [0.05, 0.1) is 5.75 Å². The predicted octanol–water partition coefficient (Wildman–Crippen LogP) is 1.82. The van der Waals surface area contributed by atoms with Gasteiger partial charge in [-0.15, -0.1) is 0 Å². The fourth-order valence-corrected chi connectivity index (χ4v) is 2.99. The van der Waals surface area contributed by atoms with Crippen molar-refractivity contribution < 1.29 is 12.8 Å². The molecule has 1 aromatic heterocycles. The van der Waals surface area contributed by atoms with Gasteiger partial charge >= 0.3 is 0 Å². The number of anilines is 1. The minimum absolute atomic E-state index is 0.190. The summed E-state index contributed by atoms with van der Waals surface area (Å²) in [7, 11) is -3.68. The van der Waals surface area contributed by atoms with Gasteiger partial charge in [0, 0.05) is 24.0 Å². The maximum Gasteiger partial charge on any atom is 0.181 e. The van der Waals surface area contributed by atoms with Crippen molar-refractivity contribution in [3.63, 3.8) is 0 Å². The Morgan fingerprint density at radius 3 is 2.63 bits per heavy atom. The van der Waals surface area contributed by atoms with E-state index in [0.717, 1.165) is 6.07 Å². The van der Waals surface area contributed by atoms with E-state index in [9.17, 15) is 12.8 Å². The Morgan fingerprint density at radius 2 is 2.00 bits per heavy atom. The molecule has 2 rings (SSSR count). The Balaban J connectivity index is 2.19. The number of nitrogen functional groups attached to an aromatic ring is 1. The van der Waals surface area contributed by atoms with Crippen LogP contribution in [-0.4, -0.2) is 19.2 Å². The lowest BCUT2D eigenvalue weighted by atomic mass is 10.3. The maximum absolute atomic E-state index is 13.6. The molecule has 100 valence electrons. The Labute approximate surface area is 111 Å². The van der Waals surface area contributed by atoms with Gasteiger partial charge in [-0.05, 0) is 30.3 Å². The molecule has 0 bridgehead atoms. The predicted molar refractivity (Wildman–Crippen MR) is 70.8 cm³/mol. The number of hydrogen-bond donors (Lipinski definition) is 1. The second-order valence-corrected chi connectivity index (χ2v) is 6.16. The molecule has 19 heavy (non-hydrogen) atoms. The van der Waals surface area contributed by atoms with E-state index in [1.807, 2.05) is 0 Å². The minimum atomic E-state index is -3.68. The van der Waals surface area contributed by atoms with Crippen LogP contribution in [0.3, 0.4) is 0 Å². The molecule has 0 aliphatic rings. The van der Waals surface area contributed by atoms with Gasteiger partial charge in [-0.1, -0.05) is 6.07 Å². The van der Waals surface area contributed by atoms with Crippen LogP contribution in [-0.2, 0) is 16.3 Å². The van der Waals surface area contributed by atoms with Gasteiger partial charge in [0.2, 0.25) is 0 Å². The van der Waals surface area contributed by atoms with Crippen LogP contribution < -0.4 is 5.73 Å². The van der Waals surface area contributed by atoms with Gasteiger partial charge in [0.25, 0.3) is 0 Å². The van der Waals surface area contributed by atoms with Crippen LogP contribution >= 0.6 is 0 Å². The first-order valence-corrected chi connectivity index (χ1v) is 7.32. The summed E-state index contributed by atoms with van der Waals surface area (Å²) in [5.74, 6) is -1.01. The Bertz CT molecular complexity index is 672. The highest BCUT2D eigenvalue weighted by atomic mass is 32.2. The number of aryl methyl sites for hydroxylation is 1. The van der Waals surface area contributed by atoms with Crippen LogP contribution in [0.2, 0.25) is 0 Å². The number of sulfone groups is 1. The summed E-state index contributed by atoms with van der Waals surface area (Å²) < 4.78 is 37.7. The molecule has 6 heteroatoms. The molecule has 0 saturated heterocycles. The molecule has 0 saturated carbocycles. The molecule has 0 unspecified atom stereocenters. The number of nitrogens with zero attached hydrogens (tertiary/aromatic N) is 1. The largest absolute Gasteiger partial charge is 0.399 e. The third kappa shape index (κ3) is 3.29. The molecule has 0 amide bonds. The molecule has 2 N–H and O–H groups in total.